The Hall–Kier alpha value is -1.04. The molecule has 0 radical (unpaired) electrons. The number of rotatable bonds is 0. The predicted molar refractivity (Wildman–Crippen MR) is 54.4 cm³/mol. The van der Waals surface area contributed by atoms with Gasteiger partial charge in [0.05, 0.1) is 17.5 Å². The topological polar surface area (TPSA) is 44.1 Å². The fourth-order valence-corrected chi connectivity index (χ4v) is 2.44. The van der Waals surface area contributed by atoms with Crippen LogP contribution in [-0.4, -0.2) is 21.9 Å². The van der Waals surface area contributed by atoms with E-state index in [9.17, 15) is 4.79 Å². The zero-order valence-electron chi connectivity index (χ0n) is 9.59. The third-order valence-corrected chi connectivity index (χ3v) is 2.88. The Balaban J connectivity index is 3.10. The van der Waals surface area contributed by atoms with Gasteiger partial charge in [-0.3, -0.25) is 4.79 Å². The van der Waals surface area contributed by atoms with E-state index in [2.05, 4.69) is 6.07 Å². The fourth-order valence-electron chi connectivity index (χ4n) is 2.44. The SMILES string of the molecule is CC(C)(C)N1C(=O)CC(C#N)C1(C)C. The summed E-state index contributed by atoms with van der Waals surface area (Å²) < 4.78 is 0. The Bertz CT molecular complexity index is 293. The van der Waals surface area contributed by atoms with Gasteiger partial charge in [0, 0.05) is 12.0 Å². The van der Waals surface area contributed by atoms with E-state index < -0.39 is 0 Å². The first-order valence-corrected chi connectivity index (χ1v) is 4.94. The Morgan fingerprint density at radius 2 is 2.00 bits per heavy atom. The summed E-state index contributed by atoms with van der Waals surface area (Å²) in [6.07, 6.45) is 0.362. The normalized spacial score (nSPS) is 26.4. The lowest BCUT2D eigenvalue weighted by Gasteiger charge is -2.43. The van der Waals surface area contributed by atoms with Gasteiger partial charge >= 0.3 is 0 Å². The molecular weight excluding hydrogens is 176 g/mol. The van der Waals surface area contributed by atoms with Crippen molar-refractivity contribution in [2.75, 3.05) is 0 Å². The number of nitrogens with zero attached hydrogens (tertiary/aromatic N) is 2. The first kappa shape index (κ1) is 11.0. The van der Waals surface area contributed by atoms with Gasteiger partial charge in [-0.25, -0.2) is 0 Å². The summed E-state index contributed by atoms with van der Waals surface area (Å²) in [5, 5.41) is 8.97. The number of amides is 1. The van der Waals surface area contributed by atoms with Gasteiger partial charge in [0.15, 0.2) is 0 Å². The Morgan fingerprint density at radius 1 is 1.50 bits per heavy atom. The first-order valence-electron chi connectivity index (χ1n) is 4.94. The molecule has 1 rings (SSSR count). The van der Waals surface area contributed by atoms with Gasteiger partial charge < -0.3 is 4.90 Å². The van der Waals surface area contributed by atoms with Crippen LogP contribution in [0.3, 0.4) is 0 Å². The van der Waals surface area contributed by atoms with Gasteiger partial charge in [0.25, 0.3) is 0 Å². The maximum Gasteiger partial charge on any atom is 0.224 e. The van der Waals surface area contributed by atoms with Crippen molar-refractivity contribution in [2.24, 2.45) is 5.92 Å². The van der Waals surface area contributed by atoms with Crippen LogP contribution < -0.4 is 0 Å². The van der Waals surface area contributed by atoms with Gasteiger partial charge in [-0.05, 0) is 34.6 Å². The highest BCUT2D eigenvalue weighted by molar-refractivity contribution is 5.81. The zero-order chi connectivity index (χ0) is 11.1. The lowest BCUT2D eigenvalue weighted by atomic mass is 9.87. The molecule has 1 aliphatic heterocycles. The number of carbonyl (C=O) groups excluding carboxylic acids is 1. The lowest BCUT2D eigenvalue weighted by Crippen LogP contribution is -2.53. The minimum absolute atomic E-state index is 0.0917. The van der Waals surface area contributed by atoms with E-state index in [0.29, 0.717) is 6.42 Å². The molecule has 1 heterocycles. The molecule has 1 unspecified atom stereocenters. The van der Waals surface area contributed by atoms with Crippen LogP contribution in [0.25, 0.3) is 0 Å². The van der Waals surface area contributed by atoms with Gasteiger partial charge in [0.1, 0.15) is 0 Å². The Labute approximate surface area is 85.7 Å². The number of likely N-dealkylation sites (tertiary alicyclic amines) is 1. The monoisotopic (exact) mass is 194 g/mol. The van der Waals surface area contributed by atoms with Crippen LogP contribution in [0.2, 0.25) is 0 Å². The average molecular weight is 194 g/mol. The highest BCUT2D eigenvalue weighted by atomic mass is 16.2. The van der Waals surface area contributed by atoms with Crippen LogP contribution in [-0.2, 0) is 4.79 Å². The lowest BCUT2D eigenvalue weighted by molar-refractivity contribution is -0.136. The second kappa shape index (κ2) is 2.98. The van der Waals surface area contributed by atoms with Crippen LogP contribution in [0.4, 0.5) is 0 Å². The minimum Gasteiger partial charge on any atom is -0.331 e. The first-order chi connectivity index (χ1) is 6.21. The molecule has 3 heteroatoms. The summed E-state index contributed by atoms with van der Waals surface area (Å²) >= 11 is 0. The molecular formula is C11H18N2O. The van der Waals surface area contributed by atoms with Crippen molar-refractivity contribution in [1.29, 1.82) is 5.26 Å². The molecule has 0 aromatic rings. The minimum atomic E-state index is -0.343. The van der Waals surface area contributed by atoms with E-state index in [1.165, 1.54) is 0 Å². The molecule has 0 spiro atoms. The smallest absolute Gasteiger partial charge is 0.224 e. The number of nitriles is 1. The molecule has 0 aliphatic carbocycles. The van der Waals surface area contributed by atoms with Crippen molar-refractivity contribution in [2.45, 2.75) is 52.1 Å². The molecule has 0 bridgehead atoms. The maximum absolute atomic E-state index is 11.8. The second-order valence-electron chi connectivity index (χ2n) is 5.44. The van der Waals surface area contributed by atoms with Crippen molar-refractivity contribution < 1.29 is 4.79 Å². The van der Waals surface area contributed by atoms with Gasteiger partial charge in [-0.2, -0.15) is 5.26 Å². The van der Waals surface area contributed by atoms with Crippen LogP contribution in [0.1, 0.15) is 41.0 Å². The van der Waals surface area contributed by atoms with E-state index in [0.717, 1.165) is 0 Å². The molecule has 0 saturated carbocycles. The highest BCUT2D eigenvalue weighted by Gasteiger charge is 2.50. The van der Waals surface area contributed by atoms with Crippen molar-refractivity contribution in [3.8, 4) is 6.07 Å². The molecule has 0 aromatic heterocycles. The van der Waals surface area contributed by atoms with Gasteiger partial charge in [-0.1, -0.05) is 0 Å². The second-order valence-corrected chi connectivity index (χ2v) is 5.44. The summed E-state index contributed by atoms with van der Waals surface area (Å²) in [6.45, 7) is 9.96. The van der Waals surface area contributed by atoms with E-state index in [-0.39, 0.29) is 22.9 Å². The molecule has 1 aliphatic rings. The van der Waals surface area contributed by atoms with Crippen molar-refractivity contribution in [3.63, 3.8) is 0 Å². The highest BCUT2D eigenvalue weighted by Crippen LogP contribution is 2.39. The van der Waals surface area contributed by atoms with E-state index in [4.69, 9.17) is 5.26 Å². The number of hydrogen-bond acceptors (Lipinski definition) is 2. The van der Waals surface area contributed by atoms with Crippen LogP contribution in [0, 0.1) is 17.2 Å². The average Bonchev–Trinajstić information content (AvgIpc) is 2.18. The summed E-state index contributed by atoms with van der Waals surface area (Å²) in [5.74, 6) is -0.0942. The van der Waals surface area contributed by atoms with Crippen molar-refractivity contribution in [1.82, 2.24) is 4.90 Å². The Morgan fingerprint density at radius 3 is 2.21 bits per heavy atom. The predicted octanol–water partition coefficient (Wildman–Crippen LogP) is 1.94. The molecule has 1 fully saturated rings. The molecule has 14 heavy (non-hydrogen) atoms. The largest absolute Gasteiger partial charge is 0.331 e. The standard InChI is InChI=1S/C11H18N2O/c1-10(2,3)13-9(14)6-8(7-12)11(13,4)5/h8H,6H2,1-5H3. The van der Waals surface area contributed by atoms with E-state index in [1.54, 1.807) is 0 Å². The van der Waals surface area contributed by atoms with E-state index >= 15 is 0 Å². The van der Waals surface area contributed by atoms with Crippen LogP contribution >= 0.6 is 0 Å². The maximum atomic E-state index is 11.8. The molecule has 0 N–H and O–H groups in total. The molecule has 3 nitrogen and oxygen atoms in total. The van der Waals surface area contributed by atoms with Crippen LogP contribution in [0.15, 0.2) is 0 Å². The van der Waals surface area contributed by atoms with Gasteiger partial charge in [-0.15, -0.1) is 0 Å². The molecule has 1 saturated heterocycles. The Kier molecular flexibility index (Phi) is 2.35. The summed E-state index contributed by atoms with van der Waals surface area (Å²) in [4.78, 5) is 13.6. The summed E-state index contributed by atoms with van der Waals surface area (Å²) in [7, 11) is 0. The summed E-state index contributed by atoms with van der Waals surface area (Å²) in [5.41, 5.74) is -0.545. The molecule has 0 aromatic carbocycles. The van der Waals surface area contributed by atoms with Crippen LogP contribution in [0.5, 0.6) is 0 Å². The van der Waals surface area contributed by atoms with E-state index in [1.807, 2.05) is 39.5 Å². The number of carbonyl (C=O) groups is 1. The zero-order valence-corrected chi connectivity index (χ0v) is 9.59. The fraction of sp³-hybridized carbons (Fsp3) is 0.818. The third kappa shape index (κ3) is 1.50. The number of hydrogen-bond donors (Lipinski definition) is 0. The molecule has 78 valence electrons. The quantitative estimate of drug-likeness (QED) is 0.591. The van der Waals surface area contributed by atoms with Gasteiger partial charge in [0.2, 0.25) is 5.91 Å². The summed E-state index contributed by atoms with van der Waals surface area (Å²) in [6, 6.07) is 2.22. The molecule has 1 amide bonds. The molecule has 1 atom stereocenters. The van der Waals surface area contributed by atoms with Crippen molar-refractivity contribution in [3.05, 3.63) is 0 Å². The van der Waals surface area contributed by atoms with Crippen molar-refractivity contribution >= 4 is 5.91 Å². The third-order valence-electron chi connectivity index (χ3n) is 2.88.